The van der Waals surface area contributed by atoms with Crippen LogP contribution in [0.2, 0.25) is 0 Å². The number of carboxylic acids is 1. The Labute approximate surface area is 86.0 Å². The molecule has 4 unspecified atom stereocenters. The third kappa shape index (κ3) is 2.37. The maximum atomic E-state index is 10.6. The summed E-state index contributed by atoms with van der Waals surface area (Å²) in [5.74, 6) is 1.27. The number of hydrogen-bond acceptors (Lipinski definition) is 1. The maximum Gasteiger partial charge on any atom is 0.303 e. The molecule has 4 atom stereocenters. The molecule has 0 aromatic heterocycles. The Balaban J connectivity index is 2.68. The fraction of sp³-hybridized carbons (Fsp3) is 0.750. The number of carboxylic acid groups (broad SMARTS) is 1. The molecule has 0 spiro atoms. The van der Waals surface area contributed by atoms with Crippen LogP contribution in [0.5, 0.6) is 0 Å². The molecule has 0 radical (unpaired) electrons. The van der Waals surface area contributed by atoms with E-state index in [1.54, 1.807) is 0 Å². The van der Waals surface area contributed by atoms with Crippen molar-refractivity contribution in [2.45, 2.75) is 33.6 Å². The molecule has 14 heavy (non-hydrogen) atoms. The molecule has 0 heterocycles. The first-order chi connectivity index (χ1) is 6.56. The smallest absolute Gasteiger partial charge is 0.303 e. The van der Waals surface area contributed by atoms with Gasteiger partial charge in [0.25, 0.3) is 0 Å². The molecular formula is C12H20O2. The monoisotopic (exact) mass is 196 g/mol. The molecule has 0 fully saturated rings. The lowest BCUT2D eigenvalue weighted by Gasteiger charge is -2.34. The first-order valence-electron chi connectivity index (χ1n) is 5.46. The second-order valence-corrected chi connectivity index (χ2v) is 4.44. The highest BCUT2D eigenvalue weighted by atomic mass is 16.4. The van der Waals surface area contributed by atoms with Crippen molar-refractivity contribution in [3.05, 3.63) is 12.2 Å². The summed E-state index contributed by atoms with van der Waals surface area (Å²) in [7, 11) is 0. The zero-order valence-corrected chi connectivity index (χ0v) is 9.23. The van der Waals surface area contributed by atoms with Crippen LogP contribution in [0.15, 0.2) is 12.2 Å². The quantitative estimate of drug-likeness (QED) is 0.705. The van der Waals surface area contributed by atoms with Crippen LogP contribution in [0.4, 0.5) is 0 Å². The highest BCUT2D eigenvalue weighted by Crippen LogP contribution is 2.36. The summed E-state index contributed by atoms with van der Waals surface area (Å²) in [6.07, 6.45) is 5.74. The van der Waals surface area contributed by atoms with Crippen LogP contribution in [0.1, 0.15) is 33.6 Å². The summed E-state index contributed by atoms with van der Waals surface area (Å²) in [5, 5.41) is 8.76. The maximum absolute atomic E-state index is 10.6. The number of allylic oxidation sites excluding steroid dienone is 2. The van der Waals surface area contributed by atoms with Crippen molar-refractivity contribution in [1.82, 2.24) is 0 Å². The van der Waals surface area contributed by atoms with Gasteiger partial charge in [-0.05, 0) is 30.1 Å². The molecule has 1 aliphatic carbocycles. The van der Waals surface area contributed by atoms with Crippen LogP contribution in [0.3, 0.4) is 0 Å². The van der Waals surface area contributed by atoms with Gasteiger partial charge in [-0.3, -0.25) is 4.79 Å². The molecule has 1 aliphatic rings. The van der Waals surface area contributed by atoms with Gasteiger partial charge in [0.2, 0.25) is 0 Å². The molecule has 2 nitrogen and oxygen atoms in total. The minimum atomic E-state index is -0.686. The van der Waals surface area contributed by atoms with Crippen molar-refractivity contribution >= 4 is 5.97 Å². The number of carbonyl (C=O) groups is 1. The lowest BCUT2D eigenvalue weighted by Crippen LogP contribution is -2.28. The summed E-state index contributed by atoms with van der Waals surface area (Å²) >= 11 is 0. The Bertz CT molecular complexity index is 232. The topological polar surface area (TPSA) is 37.3 Å². The number of hydrogen-bond donors (Lipinski definition) is 1. The van der Waals surface area contributed by atoms with Crippen LogP contribution in [-0.4, -0.2) is 11.1 Å². The largest absolute Gasteiger partial charge is 0.481 e. The fourth-order valence-electron chi connectivity index (χ4n) is 2.38. The Morgan fingerprint density at radius 2 is 1.71 bits per heavy atom. The Morgan fingerprint density at radius 1 is 1.21 bits per heavy atom. The first-order valence-corrected chi connectivity index (χ1v) is 5.46. The average molecular weight is 196 g/mol. The van der Waals surface area contributed by atoms with Crippen LogP contribution in [0, 0.1) is 23.7 Å². The van der Waals surface area contributed by atoms with Crippen molar-refractivity contribution in [2.24, 2.45) is 23.7 Å². The zero-order valence-electron chi connectivity index (χ0n) is 9.23. The number of rotatable bonds is 3. The van der Waals surface area contributed by atoms with Gasteiger partial charge in [0, 0.05) is 0 Å². The Kier molecular flexibility index (Phi) is 3.73. The predicted octanol–water partition coefficient (Wildman–Crippen LogP) is 2.95. The normalized spacial score (nSPS) is 37.1. The highest BCUT2D eigenvalue weighted by Gasteiger charge is 2.30. The van der Waals surface area contributed by atoms with Crippen molar-refractivity contribution in [3.8, 4) is 0 Å². The van der Waals surface area contributed by atoms with Gasteiger partial charge in [-0.2, -0.15) is 0 Å². The molecule has 1 N–H and O–H groups in total. The fourth-order valence-corrected chi connectivity index (χ4v) is 2.38. The summed E-state index contributed by atoms with van der Waals surface area (Å²) in [6, 6.07) is 0. The van der Waals surface area contributed by atoms with Crippen molar-refractivity contribution in [1.29, 1.82) is 0 Å². The minimum absolute atomic E-state index is 0.227. The Hall–Kier alpha value is -0.790. The van der Waals surface area contributed by atoms with Gasteiger partial charge < -0.3 is 5.11 Å². The third-order valence-electron chi connectivity index (χ3n) is 3.67. The summed E-state index contributed by atoms with van der Waals surface area (Å²) in [5.41, 5.74) is 0. The second-order valence-electron chi connectivity index (χ2n) is 4.44. The minimum Gasteiger partial charge on any atom is -0.481 e. The molecule has 0 aromatic rings. The standard InChI is InChI=1S/C12H20O2/c1-4-10-5-6-11(7-12(13)14)9(3)8(10)2/h5-6,8-11H,4,7H2,1-3H3,(H,13,14). The van der Waals surface area contributed by atoms with E-state index < -0.39 is 5.97 Å². The van der Waals surface area contributed by atoms with E-state index in [9.17, 15) is 4.79 Å². The molecular weight excluding hydrogens is 176 g/mol. The van der Waals surface area contributed by atoms with Crippen molar-refractivity contribution < 1.29 is 9.90 Å². The molecule has 2 heteroatoms. The van der Waals surface area contributed by atoms with Crippen LogP contribution in [-0.2, 0) is 4.79 Å². The van der Waals surface area contributed by atoms with E-state index in [1.807, 2.05) is 0 Å². The van der Waals surface area contributed by atoms with E-state index in [0.29, 0.717) is 17.8 Å². The number of aliphatic carboxylic acids is 1. The molecule has 0 bridgehead atoms. The first kappa shape index (κ1) is 11.3. The third-order valence-corrected chi connectivity index (χ3v) is 3.67. The van der Waals surface area contributed by atoms with Gasteiger partial charge in [-0.1, -0.05) is 32.9 Å². The second kappa shape index (κ2) is 4.63. The van der Waals surface area contributed by atoms with Crippen LogP contribution >= 0.6 is 0 Å². The molecule has 0 saturated heterocycles. The highest BCUT2D eigenvalue weighted by molar-refractivity contribution is 5.67. The van der Waals surface area contributed by atoms with E-state index >= 15 is 0 Å². The van der Waals surface area contributed by atoms with Gasteiger partial charge in [0.1, 0.15) is 0 Å². The lowest BCUT2D eigenvalue weighted by molar-refractivity contribution is -0.138. The zero-order chi connectivity index (χ0) is 10.7. The predicted molar refractivity (Wildman–Crippen MR) is 57.0 cm³/mol. The van der Waals surface area contributed by atoms with Crippen LogP contribution < -0.4 is 0 Å². The Morgan fingerprint density at radius 3 is 2.21 bits per heavy atom. The van der Waals surface area contributed by atoms with E-state index in [0.717, 1.165) is 6.42 Å². The van der Waals surface area contributed by atoms with Gasteiger partial charge in [0.15, 0.2) is 0 Å². The van der Waals surface area contributed by atoms with E-state index in [1.165, 1.54) is 0 Å². The molecule has 1 rings (SSSR count). The SMILES string of the molecule is CCC1C=CC(CC(=O)O)C(C)C1C. The van der Waals surface area contributed by atoms with Gasteiger partial charge in [0.05, 0.1) is 6.42 Å². The van der Waals surface area contributed by atoms with Crippen LogP contribution in [0.25, 0.3) is 0 Å². The average Bonchev–Trinajstić information content (AvgIpc) is 2.13. The summed E-state index contributed by atoms with van der Waals surface area (Å²) in [4.78, 5) is 10.6. The van der Waals surface area contributed by atoms with Gasteiger partial charge in [-0.25, -0.2) is 0 Å². The van der Waals surface area contributed by atoms with E-state index in [-0.39, 0.29) is 12.3 Å². The molecule has 0 saturated carbocycles. The van der Waals surface area contributed by atoms with Crippen molar-refractivity contribution in [2.75, 3.05) is 0 Å². The lowest BCUT2D eigenvalue weighted by atomic mass is 9.70. The summed E-state index contributed by atoms with van der Waals surface area (Å²) in [6.45, 7) is 6.59. The molecule has 80 valence electrons. The molecule has 0 aromatic carbocycles. The van der Waals surface area contributed by atoms with Gasteiger partial charge in [-0.15, -0.1) is 0 Å². The van der Waals surface area contributed by atoms with Crippen molar-refractivity contribution in [3.63, 3.8) is 0 Å². The summed E-state index contributed by atoms with van der Waals surface area (Å²) < 4.78 is 0. The van der Waals surface area contributed by atoms with E-state index in [4.69, 9.17) is 5.11 Å². The van der Waals surface area contributed by atoms with E-state index in [2.05, 4.69) is 32.9 Å². The van der Waals surface area contributed by atoms with Gasteiger partial charge >= 0.3 is 5.97 Å². The molecule has 0 amide bonds. The molecule has 0 aliphatic heterocycles.